The van der Waals surface area contributed by atoms with Gasteiger partial charge in [0.1, 0.15) is 6.10 Å². The molecule has 0 aliphatic heterocycles. The Morgan fingerprint density at radius 2 is 0.887 bits per heavy atom. The van der Waals surface area contributed by atoms with Crippen LogP contribution in [0.15, 0.2) is 60.8 Å². The fourth-order valence-corrected chi connectivity index (χ4v) is 7.91. The molecule has 0 rings (SSSR count). The van der Waals surface area contributed by atoms with Gasteiger partial charge in [-0.2, -0.15) is 0 Å². The molecule has 0 saturated carbocycles. The van der Waals surface area contributed by atoms with Crippen molar-refractivity contribution in [3.05, 3.63) is 60.8 Å². The Morgan fingerprint density at radius 3 is 1.37 bits per heavy atom. The van der Waals surface area contributed by atoms with E-state index in [-0.39, 0.29) is 24.9 Å². The van der Waals surface area contributed by atoms with Gasteiger partial charge in [0, 0.05) is 6.42 Å². The van der Waals surface area contributed by atoms with E-state index in [0.717, 1.165) is 83.5 Å². The minimum Gasteiger partial charge on any atom is -0.462 e. The molecule has 0 aromatic heterocycles. The number of esters is 1. The fraction of sp³-hybridized carbons (Fsp3) is 0.786. The molecule has 3 unspecified atom stereocenters. The van der Waals surface area contributed by atoms with Crippen molar-refractivity contribution in [2.75, 3.05) is 6.61 Å². The van der Waals surface area contributed by atoms with Crippen molar-refractivity contribution < 1.29 is 24.5 Å². The van der Waals surface area contributed by atoms with Crippen LogP contribution in [-0.4, -0.2) is 46.9 Å². The maximum atomic E-state index is 13.2. The van der Waals surface area contributed by atoms with Crippen LogP contribution in [0.3, 0.4) is 0 Å². The van der Waals surface area contributed by atoms with E-state index in [1.54, 1.807) is 0 Å². The van der Waals surface area contributed by atoms with Gasteiger partial charge >= 0.3 is 5.97 Å². The molecule has 3 atom stereocenters. The van der Waals surface area contributed by atoms with Crippen LogP contribution in [0.2, 0.25) is 0 Å². The highest BCUT2D eigenvalue weighted by atomic mass is 16.5. The average Bonchev–Trinajstić information content (AvgIpc) is 3.26. The van der Waals surface area contributed by atoms with Crippen molar-refractivity contribution in [1.82, 2.24) is 5.32 Å². The molecular formula is C56H101NO5. The zero-order valence-electron chi connectivity index (χ0n) is 41.0. The Morgan fingerprint density at radius 1 is 0.484 bits per heavy atom. The molecule has 62 heavy (non-hydrogen) atoms. The van der Waals surface area contributed by atoms with Crippen LogP contribution in [0.5, 0.6) is 0 Å². The second kappa shape index (κ2) is 49.6. The van der Waals surface area contributed by atoms with Crippen molar-refractivity contribution in [3.63, 3.8) is 0 Å². The van der Waals surface area contributed by atoms with Crippen LogP contribution >= 0.6 is 0 Å². The van der Waals surface area contributed by atoms with E-state index in [1.165, 1.54) is 128 Å². The zero-order valence-corrected chi connectivity index (χ0v) is 41.0. The number of unbranched alkanes of at least 4 members (excludes halogenated alkanes) is 28. The van der Waals surface area contributed by atoms with Crippen LogP contribution in [-0.2, 0) is 14.3 Å². The third kappa shape index (κ3) is 44.2. The first-order valence-electron chi connectivity index (χ1n) is 26.6. The quantitative estimate of drug-likeness (QED) is 0.0245. The third-order valence-electron chi connectivity index (χ3n) is 11.9. The molecule has 0 bridgehead atoms. The number of hydrogen-bond donors (Lipinski definition) is 3. The van der Waals surface area contributed by atoms with E-state index in [4.69, 9.17) is 4.74 Å². The summed E-state index contributed by atoms with van der Waals surface area (Å²) in [6.45, 7) is 6.34. The summed E-state index contributed by atoms with van der Waals surface area (Å²) in [5.74, 6) is -0.501. The number of hydrogen-bond acceptors (Lipinski definition) is 5. The molecule has 0 heterocycles. The lowest BCUT2D eigenvalue weighted by Crippen LogP contribution is -2.46. The second-order valence-electron chi connectivity index (χ2n) is 18.0. The van der Waals surface area contributed by atoms with Crippen LogP contribution in [0.25, 0.3) is 0 Å². The van der Waals surface area contributed by atoms with Crippen molar-refractivity contribution in [2.24, 2.45) is 0 Å². The van der Waals surface area contributed by atoms with Gasteiger partial charge in [-0.3, -0.25) is 9.59 Å². The highest BCUT2D eigenvalue weighted by Crippen LogP contribution is 2.18. The number of rotatable bonds is 47. The van der Waals surface area contributed by atoms with Gasteiger partial charge in [0.2, 0.25) is 5.91 Å². The van der Waals surface area contributed by atoms with E-state index < -0.39 is 18.2 Å². The molecule has 0 spiro atoms. The summed E-state index contributed by atoms with van der Waals surface area (Å²) in [5.41, 5.74) is 0. The number of amides is 1. The van der Waals surface area contributed by atoms with Gasteiger partial charge in [-0.15, -0.1) is 0 Å². The lowest BCUT2D eigenvalue weighted by molar-refractivity contribution is -0.151. The molecule has 0 radical (unpaired) electrons. The minimum atomic E-state index is -0.794. The van der Waals surface area contributed by atoms with Gasteiger partial charge in [-0.1, -0.05) is 236 Å². The average molecular weight is 868 g/mol. The van der Waals surface area contributed by atoms with Gasteiger partial charge in [0.05, 0.1) is 25.2 Å². The molecular weight excluding hydrogens is 767 g/mol. The van der Waals surface area contributed by atoms with Crippen molar-refractivity contribution >= 4 is 11.9 Å². The van der Waals surface area contributed by atoms with Crippen LogP contribution < -0.4 is 5.32 Å². The van der Waals surface area contributed by atoms with Crippen LogP contribution in [0.4, 0.5) is 0 Å². The molecule has 1 amide bonds. The molecule has 0 aliphatic carbocycles. The zero-order chi connectivity index (χ0) is 45.2. The molecule has 6 heteroatoms. The number of allylic oxidation sites excluding steroid dienone is 10. The highest BCUT2D eigenvalue weighted by molar-refractivity contribution is 5.77. The summed E-state index contributed by atoms with van der Waals surface area (Å²) in [6, 6.07) is -0.708. The van der Waals surface area contributed by atoms with Gasteiger partial charge in [-0.05, 0) is 70.6 Å². The normalized spacial score (nSPS) is 13.7. The monoisotopic (exact) mass is 868 g/mol. The lowest BCUT2D eigenvalue weighted by atomic mass is 10.0. The van der Waals surface area contributed by atoms with Crippen LogP contribution in [0, 0.1) is 0 Å². The van der Waals surface area contributed by atoms with Crippen molar-refractivity contribution in [1.29, 1.82) is 0 Å². The van der Waals surface area contributed by atoms with E-state index in [0.29, 0.717) is 19.3 Å². The minimum absolute atomic E-state index is 0.0642. The molecule has 0 aromatic carbocycles. The summed E-state index contributed by atoms with van der Waals surface area (Å²) in [6.07, 6.45) is 61.3. The van der Waals surface area contributed by atoms with E-state index in [2.05, 4.69) is 68.6 Å². The van der Waals surface area contributed by atoms with Crippen molar-refractivity contribution in [2.45, 2.75) is 277 Å². The molecule has 6 nitrogen and oxygen atoms in total. The molecule has 0 aliphatic rings. The summed E-state index contributed by atoms with van der Waals surface area (Å²) >= 11 is 0. The van der Waals surface area contributed by atoms with Gasteiger partial charge in [0.15, 0.2) is 0 Å². The van der Waals surface area contributed by atoms with Crippen molar-refractivity contribution in [3.8, 4) is 0 Å². The smallest absolute Gasteiger partial charge is 0.306 e. The first-order valence-corrected chi connectivity index (χ1v) is 26.6. The lowest BCUT2D eigenvalue weighted by Gasteiger charge is -2.24. The molecule has 3 N–H and O–H groups in total. The predicted molar refractivity (Wildman–Crippen MR) is 268 cm³/mol. The standard InChI is InChI=1S/C56H101NO5/c1-4-7-10-13-16-19-22-24-26-27-29-30-33-35-38-41-44-47-52(62-56(61)49-46-43-40-37-34-31-28-25-23-20-17-14-11-8-5-2)50-55(60)57-53(51-58)54(59)48-45-42-39-36-32-21-18-15-12-9-6-3/h8,11,14,17,20,23-26,28,52-54,58-59H,4-7,9-10,12-13,15-16,18-19,21-22,27,29-51H2,1-3H3,(H,57,60)/b11-8+,17-14+,23-20+,26-24+,28-25-. The van der Waals surface area contributed by atoms with Crippen LogP contribution in [0.1, 0.15) is 258 Å². The number of carbonyl (C=O) groups excluding carboxylic acids is 2. The number of nitrogens with one attached hydrogen (secondary N) is 1. The van der Waals surface area contributed by atoms with Gasteiger partial charge < -0.3 is 20.3 Å². The predicted octanol–water partition coefficient (Wildman–Crippen LogP) is 16.0. The first-order chi connectivity index (χ1) is 30.5. The fourth-order valence-electron chi connectivity index (χ4n) is 7.91. The number of carbonyl (C=O) groups is 2. The number of ether oxygens (including phenoxy) is 1. The van der Waals surface area contributed by atoms with Gasteiger partial charge in [0.25, 0.3) is 0 Å². The first kappa shape index (κ1) is 59.6. The third-order valence-corrected chi connectivity index (χ3v) is 11.9. The Hall–Kier alpha value is -2.44. The maximum absolute atomic E-state index is 13.2. The maximum Gasteiger partial charge on any atom is 0.306 e. The summed E-state index contributed by atoms with van der Waals surface area (Å²) < 4.78 is 5.93. The molecule has 360 valence electrons. The SMILES string of the molecule is CC/C=C/C=C/C=C/C=C\CCCCCCCC(=O)OC(CCCCCCCCC/C=C/CCCCCCCC)CC(=O)NC(CO)C(O)CCCCCCCCCCCCC. The second-order valence-corrected chi connectivity index (χ2v) is 18.0. The number of aliphatic hydroxyl groups is 2. The Bertz CT molecular complexity index is 1110. The Balaban J connectivity index is 4.63. The summed E-state index contributed by atoms with van der Waals surface area (Å²) in [7, 11) is 0. The van der Waals surface area contributed by atoms with E-state index in [1.807, 2.05) is 18.2 Å². The molecule has 0 aromatic rings. The Kier molecular flexibility index (Phi) is 47.6. The summed E-state index contributed by atoms with van der Waals surface area (Å²) in [4.78, 5) is 26.2. The molecule has 0 saturated heterocycles. The van der Waals surface area contributed by atoms with E-state index >= 15 is 0 Å². The van der Waals surface area contributed by atoms with E-state index in [9.17, 15) is 19.8 Å². The highest BCUT2D eigenvalue weighted by Gasteiger charge is 2.24. The van der Waals surface area contributed by atoms with Gasteiger partial charge in [-0.25, -0.2) is 0 Å². The summed E-state index contributed by atoms with van der Waals surface area (Å²) in [5, 5.41) is 23.8. The Labute approximate surface area is 384 Å². The number of aliphatic hydroxyl groups excluding tert-OH is 2. The molecule has 0 fully saturated rings. The topological polar surface area (TPSA) is 95.9 Å². The largest absolute Gasteiger partial charge is 0.462 e.